The lowest BCUT2D eigenvalue weighted by molar-refractivity contribution is -0.147. The quantitative estimate of drug-likeness (QED) is 0.719. The molecule has 0 aliphatic heterocycles. The lowest BCUT2D eigenvalue weighted by atomic mass is 9.78. The molecule has 3 heteroatoms. The number of carbonyl (C=O) groups is 1. The Labute approximate surface area is 94.4 Å². The second kappa shape index (κ2) is 4.24. The molecule has 1 aromatic rings. The highest BCUT2D eigenvalue weighted by molar-refractivity contribution is 5.83. The van der Waals surface area contributed by atoms with Gasteiger partial charge in [0.1, 0.15) is 5.82 Å². The highest BCUT2D eigenvalue weighted by Gasteiger charge is 2.45. The van der Waals surface area contributed by atoms with E-state index in [1.165, 1.54) is 13.2 Å². The summed E-state index contributed by atoms with van der Waals surface area (Å²) in [5.41, 5.74) is -0.264. The predicted molar refractivity (Wildman–Crippen MR) is 58.6 cm³/mol. The highest BCUT2D eigenvalue weighted by atomic mass is 19.1. The molecule has 0 aromatic heterocycles. The van der Waals surface area contributed by atoms with E-state index in [4.69, 9.17) is 4.74 Å². The molecule has 0 saturated heterocycles. The van der Waals surface area contributed by atoms with E-state index in [0.29, 0.717) is 18.4 Å². The van der Waals surface area contributed by atoms with Crippen LogP contribution in [0.2, 0.25) is 0 Å². The Balaban J connectivity index is 2.48. The number of rotatable bonds is 2. The van der Waals surface area contributed by atoms with Gasteiger partial charge in [0.15, 0.2) is 0 Å². The van der Waals surface area contributed by atoms with Gasteiger partial charge in [-0.1, -0.05) is 31.0 Å². The van der Waals surface area contributed by atoms with Gasteiger partial charge in [-0.2, -0.15) is 0 Å². The Kier molecular flexibility index (Phi) is 2.95. The third-order valence-electron chi connectivity index (χ3n) is 3.42. The van der Waals surface area contributed by atoms with E-state index in [-0.39, 0.29) is 11.8 Å². The first kappa shape index (κ1) is 11.1. The molecule has 1 fully saturated rings. The lowest BCUT2D eigenvalue weighted by Gasteiger charge is -2.26. The van der Waals surface area contributed by atoms with Crippen molar-refractivity contribution in [3.05, 3.63) is 35.6 Å². The van der Waals surface area contributed by atoms with Crippen molar-refractivity contribution < 1.29 is 13.9 Å². The summed E-state index contributed by atoms with van der Waals surface area (Å²) in [5, 5.41) is 0. The van der Waals surface area contributed by atoms with E-state index in [0.717, 1.165) is 12.8 Å². The zero-order chi connectivity index (χ0) is 11.6. The molecule has 2 rings (SSSR count). The van der Waals surface area contributed by atoms with Gasteiger partial charge in [-0.3, -0.25) is 4.79 Å². The third kappa shape index (κ3) is 1.60. The van der Waals surface area contributed by atoms with Crippen LogP contribution in [0, 0.1) is 5.82 Å². The molecule has 2 nitrogen and oxygen atoms in total. The van der Waals surface area contributed by atoms with Gasteiger partial charge in [0.25, 0.3) is 0 Å². The van der Waals surface area contributed by atoms with Crippen molar-refractivity contribution in [3.8, 4) is 0 Å². The summed E-state index contributed by atoms with van der Waals surface area (Å²) < 4.78 is 18.6. The molecule has 0 unspecified atom stereocenters. The molecule has 1 saturated carbocycles. The maximum Gasteiger partial charge on any atom is 0.316 e. The maximum absolute atomic E-state index is 13.8. The van der Waals surface area contributed by atoms with Crippen molar-refractivity contribution in [3.63, 3.8) is 0 Å². The van der Waals surface area contributed by atoms with Crippen molar-refractivity contribution >= 4 is 5.97 Å². The molecular weight excluding hydrogens is 207 g/mol. The first-order valence-corrected chi connectivity index (χ1v) is 5.54. The Morgan fingerprint density at radius 2 is 1.94 bits per heavy atom. The summed E-state index contributed by atoms with van der Waals surface area (Å²) in [4.78, 5) is 11.9. The third-order valence-corrected chi connectivity index (χ3v) is 3.42. The molecule has 1 aromatic carbocycles. The number of esters is 1. The average molecular weight is 222 g/mol. The van der Waals surface area contributed by atoms with Crippen molar-refractivity contribution in [1.82, 2.24) is 0 Å². The normalized spacial score (nSPS) is 18.4. The fourth-order valence-electron chi connectivity index (χ4n) is 2.61. The zero-order valence-electron chi connectivity index (χ0n) is 9.33. The molecule has 0 heterocycles. The van der Waals surface area contributed by atoms with Crippen molar-refractivity contribution in [2.45, 2.75) is 31.1 Å². The molecule has 86 valence electrons. The lowest BCUT2D eigenvalue weighted by Crippen LogP contribution is -2.34. The number of hydrogen-bond acceptors (Lipinski definition) is 2. The molecule has 1 aliphatic carbocycles. The summed E-state index contributed by atoms with van der Waals surface area (Å²) in [5.74, 6) is -0.620. The molecule has 0 atom stereocenters. The molecule has 1 aliphatic rings. The van der Waals surface area contributed by atoms with Gasteiger partial charge in [-0.05, 0) is 18.9 Å². The van der Waals surface area contributed by atoms with E-state index in [1.807, 2.05) is 0 Å². The van der Waals surface area contributed by atoms with Gasteiger partial charge in [-0.25, -0.2) is 4.39 Å². The van der Waals surface area contributed by atoms with Gasteiger partial charge >= 0.3 is 5.97 Å². The Bertz CT molecular complexity index is 395. The Morgan fingerprint density at radius 1 is 1.31 bits per heavy atom. The first-order valence-electron chi connectivity index (χ1n) is 5.54. The molecular formula is C13H15FO2. The molecule has 16 heavy (non-hydrogen) atoms. The largest absolute Gasteiger partial charge is 0.468 e. The molecule has 0 N–H and O–H groups in total. The van der Waals surface area contributed by atoms with Crippen LogP contribution in [-0.4, -0.2) is 13.1 Å². The summed E-state index contributed by atoms with van der Waals surface area (Å²) in [7, 11) is 1.36. The van der Waals surface area contributed by atoms with Crippen LogP contribution >= 0.6 is 0 Å². The van der Waals surface area contributed by atoms with Crippen LogP contribution in [0.25, 0.3) is 0 Å². The Morgan fingerprint density at radius 3 is 2.50 bits per heavy atom. The van der Waals surface area contributed by atoms with Crippen molar-refractivity contribution in [2.75, 3.05) is 7.11 Å². The minimum atomic E-state index is -0.750. The fraction of sp³-hybridized carbons (Fsp3) is 0.462. The summed E-state index contributed by atoms with van der Waals surface area (Å²) in [6, 6.07) is 6.50. The molecule has 0 spiro atoms. The van der Waals surface area contributed by atoms with Gasteiger partial charge in [0, 0.05) is 5.56 Å². The van der Waals surface area contributed by atoms with Gasteiger partial charge in [-0.15, -0.1) is 0 Å². The van der Waals surface area contributed by atoms with Crippen LogP contribution in [0.4, 0.5) is 4.39 Å². The van der Waals surface area contributed by atoms with Crippen LogP contribution in [-0.2, 0) is 14.9 Å². The standard InChI is InChI=1S/C13H15FO2/c1-16-12(15)13(8-4-5-9-13)10-6-2-3-7-11(10)14/h2-3,6-7H,4-5,8-9H2,1H3. The number of carbonyl (C=O) groups excluding carboxylic acids is 1. The van der Waals surface area contributed by atoms with Crippen LogP contribution < -0.4 is 0 Å². The number of halogens is 1. The van der Waals surface area contributed by atoms with Gasteiger partial charge < -0.3 is 4.74 Å². The van der Waals surface area contributed by atoms with E-state index in [9.17, 15) is 9.18 Å². The maximum atomic E-state index is 13.8. The van der Waals surface area contributed by atoms with Crippen LogP contribution in [0.15, 0.2) is 24.3 Å². The average Bonchev–Trinajstić information content (AvgIpc) is 2.79. The predicted octanol–water partition coefficient (Wildman–Crippen LogP) is 2.81. The summed E-state index contributed by atoms with van der Waals surface area (Å²) >= 11 is 0. The van der Waals surface area contributed by atoms with E-state index >= 15 is 0 Å². The first-order chi connectivity index (χ1) is 7.70. The van der Waals surface area contributed by atoms with E-state index in [1.54, 1.807) is 18.2 Å². The number of methoxy groups -OCH3 is 1. The molecule has 0 radical (unpaired) electrons. The van der Waals surface area contributed by atoms with Crippen LogP contribution in [0.1, 0.15) is 31.2 Å². The van der Waals surface area contributed by atoms with Gasteiger partial charge in [0.05, 0.1) is 12.5 Å². The minimum Gasteiger partial charge on any atom is -0.468 e. The van der Waals surface area contributed by atoms with Crippen molar-refractivity contribution in [2.24, 2.45) is 0 Å². The summed E-state index contributed by atoms with van der Waals surface area (Å²) in [6.45, 7) is 0. The number of benzene rings is 1. The zero-order valence-corrected chi connectivity index (χ0v) is 9.33. The molecule has 0 bridgehead atoms. The van der Waals surface area contributed by atoms with Crippen molar-refractivity contribution in [1.29, 1.82) is 0 Å². The summed E-state index contributed by atoms with van der Waals surface area (Å²) in [6.07, 6.45) is 3.26. The van der Waals surface area contributed by atoms with E-state index < -0.39 is 5.41 Å². The number of hydrogen-bond donors (Lipinski definition) is 0. The smallest absolute Gasteiger partial charge is 0.316 e. The van der Waals surface area contributed by atoms with E-state index in [2.05, 4.69) is 0 Å². The van der Waals surface area contributed by atoms with Crippen LogP contribution in [0.3, 0.4) is 0 Å². The van der Waals surface area contributed by atoms with Gasteiger partial charge in [0.2, 0.25) is 0 Å². The van der Waals surface area contributed by atoms with Crippen LogP contribution in [0.5, 0.6) is 0 Å². The highest BCUT2D eigenvalue weighted by Crippen LogP contribution is 2.42. The number of ether oxygens (including phenoxy) is 1. The SMILES string of the molecule is COC(=O)C1(c2ccccc2F)CCCC1. The minimum absolute atomic E-state index is 0.310. The topological polar surface area (TPSA) is 26.3 Å². The second-order valence-electron chi connectivity index (χ2n) is 4.26. The second-order valence-corrected chi connectivity index (χ2v) is 4.26. The fourth-order valence-corrected chi connectivity index (χ4v) is 2.61. The Hall–Kier alpha value is -1.38. The monoisotopic (exact) mass is 222 g/mol. The molecule has 0 amide bonds.